The van der Waals surface area contributed by atoms with Crippen LogP contribution in [0.25, 0.3) is 0 Å². The Balaban J connectivity index is 0.00000280. The molecule has 0 amide bonds. The molecule has 1 aliphatic rings. The van der Waals surface area contributed by atoms with Gasteiger partial charge >= 0.3 is 0 Å². The van der Waals surface area contributed by atoms with E-state index in [9.17, 15) is 4.79 Å². The van der Waals surface area contributed by atoms with Gasteiger partial charge in [-0.2, -0.15) is 0 Å². The van der Waals surface area contributed by atoms with Crippen molar-refractivity contribution in [3.8, 4) is 0 Å². The molecule has 4 atom stereocenters. The summed E-state index contributed by atoms with van der Waals surface area (Å²) in [6.45, 7) is 9.42. The maximum Gasteiger partial charge on any atom is 0.123 e. The highest BCUT2D eigenvalue weighted by atomic mass is 32.1. The van der Waals surface area contributed by atoms with Crippen molar-refractivity contribution in [3.63, 3.8) is 0 Å². The van der Waals surface area contributed by atoms with E-state index in [2.05, 4.69) is 70.2 Å². The lowest BCUT2D eigenvalue weighted by molar-refractivity contribution is -0.112. The molecule has 148 valence electrons. The van der Waals surface area contributed by atoms with Crippen LogP contribution in [-0.4, -0.2) is 6.29 Å². The summed E-state index contributed by atoms with van der Waals surface area (Å²) in [7, 11) is 0. The Bertz CT molecular complexity index is 731. The van der Waals surface area contributed by atoms with Crippen LogP contribution in [0.2, 0.25) is 0 Å². The van der Waals surface area contributed by atoms with E-state index in [-0.39, 0.29) is 12.8 Å². The quantitative estimate of drug-likeness (QED) is 0.399. The average molecular weight is 385 g/mol. The third kappa shape index (κ3) is 5.54. The van der Waals surface area contributed by atoms with Crippen molar-refractivity contribution in [2.45, 2.75) is 59.8 Å². The first-order valence-corrected chi connectivity index (χ1v) is 11.2. The summed E-state index contributed by atoms with van der Waals surface area (Å²) in [5.74, 6) is 2.17. The number of aldehydes is 1. The van der Waals surface area contributed by atoms with E-state index in [0.29, 0.717) is 17.8 Å². The number of thiophene rings is 1. The Labute approximate surface area is 170 Å². The van der Waals surface area contributed by atoms with Gasteiger partial charge in [0.15, 0.2) is 0 Å². The second-order valence-corrected chi connectivity index (χ2v) is 10.9. The highest BCUT2D eigenvalue weighted by Crippen LogP contribution is 2.44. The van der Waals surface area contributed by atoms with Crippen molar-refractivity contribution < 1.29 is 6.22 Å². The second kappa shape index (κ2) is 8.73. The van der Waals surface area contributed by atoms with Crippen LogP contribution in [0.3, 0.4) is 0 Å². The minimum atomic E-state index is 0. The maximum absolute atomic E-state index is 11.7. The van der Waals surface area contributed by atoms with Crippen LogP contribution in [0.4, 0.5) is 0 Å². The zero-order valence-electron chi connectivity index (χ0n) is 17.3. The standard InChI is InChI=1S/C25H34OS.H2/c1-18-12-22(25(2,3)4)14-20(17-26)13-21(18)16-24-11-10-23(27-24)15-19-8-6-5-7-9-19;/h5-11,17-18,20-22H,12-16H2,1-4H3;1H/t18?,20-,21?,22-;/m0./s1. The van der Waals surface area contributed by atoms with Crippen LogP contribution in [-0.2, 0) is 17.6 Å². The third-order valence-corrected chi connectivity index (χ3v) is 7.58. The lowest BCUT2D eigenvalue weighted by Gasteiger charge is -2.32. The highest BCUT2D eigenvalue weighted by Gasteiger charge is 2.35. The number of carbonyl (C=O) groups is 1. The molecule has 1 heterocycles. The maximum atomic E-state index is 11.7. The van der Waals surface area contributed by atoms with Crippen molar-refractivity contribution in [1.29, 1.82) is 0 Å². The van der Waals surface area contributed by atoms with E-state index in [1.807, 2.05) is 11.3 Å². The lowest BCUT2D eigenvalue weighted by atomic mass is 9.73. The minimum absolute atomic E-state index is 0. The van der Waals surface area contributed by atoms with Crippen LogP contribution in [0.1, 0.15) is 63.7 Å². The Kier molecular flexibility index (Phi) is 6.57. The molecule has 0 radical (unpaired) electrons. The molecular weight excluding hydrogens is 348 g/mol. The van der Waals surface area contributed by atoms with Gasteiger partial charge in [0.25, 0.3) is 0 Å². The van der Waals surface area contributed by atoms with Gasteiger partial charge in [0.1, 0.15) is 6.29 Å². The fourth-order valence-electron chi connectivity index (χ4n) is 4.61. The Morgan fingerprint density at radius 2 is 1.74 bits per heavy atom. The molecule has 2 heteroatoms. The Morgan fingerprint density at radius 3 is 2.41 bits per heavy atom. The molecule has 1 aromatic heterocycles. The van der Waals surface area contributed by atoms with Gasteiger partial charge in [-0.05, 0) is 66.5 Å². The highest BCUT2D eigenvalue weighted by molar-refractivity contribution is 7.12. The molecule has 0 bridgehead atoms. The Hall–Kier alpha value is -1.41. The normalized spacial score (nSPS) is 26.5. The zero-order chi connectivity index (χ0) is 19.4. The van der Waals surface area contributed by atoms with Crippen LogP contribution in [0.5, 0.6) is 0 Å². The smallest absolute Gasteiger partial charge is 0.123 e. The minimum Gasteiger partial charge on any atom is -0.303 e. The molecular formula is C25H36OS. The molecule has 0 saturated heterocycles. The summed E-state index contributed by atoms with van der Waals surface area (Å²) in [4.78, 5) is 14.6. The number of hydrogen-bond donors (Lipinski definition) is 0. The zero-order valence-corrected chi connectivity index (χ0v) is 18.1. The van der Waals surface area contributed by atoms with Crippen molar-refractivity contribution in [2.24, 2.45) is 29.1 Å². The summed E-state index contributed by atoms with van der Waals surface area (Å²) >= 11 is 1.96. The van der Waals surface area contributed by atoms with Crippen LogP contribution < -0.4 is 0 Å². The van der Waals surface area contributed by atoms with Gasteiger partial charge in [0, 0.05) is 23.5 Å². The molecule has 3 rings (SSSR count). The van der Waals surface area contributed by atoms with Crippen molar-refractivity contribution >= 4 is 17.6 Å². The SMILES string of the molecule is CC1C[C@H](C(C)(C)C)C[C@@H](C=O)CC1Cc1ccc(Cc2ccccc2)s1.[HH]. The summed E-state index contributed by atoms with van der Waals surface area (Å²) in [5, 5.41) is 0. The van der Waals surface area contributed by atoms with E-state index < -0.39 is 0 Å². The van der Waals surface area contributed by atoms with E-state index in [1.165, 1.54) is 28.0 Å². The fraction of sp³-hybridized carbons (Fsp3) is 0.560. The summed E-state index contributed by atoms with van der Waals surface area (Å²) in [6, 6.07) is 15.3. The van der Waals surface area contributed by atoms with Gasteiger partial charge in [0.05, 0.1) is 0 Å². The largest absolute Gasteiger partial charge is 0.303 e. The van der Waals surface area contributed by atoms with Gasteiger partial charge in [0.2, 0.25) is 0 Å². The predicted molar refractivity (Wildman–Crippen MR) is 118 cm³/mol. The molecule has 0 spiro atoms. The van der Waals surface area contributed by atoms with Gasteiger partial charge in [-0.15, -0.1) is 11.3 Å². The predicted octanol–water partition coefficient (Wildman–Crippen LogP) is 7.04. The first-order valence-electron chi connectivity index (χ1n) is 10.4. The summed E-state index contributed by atoms with van der Waals surface area (Å²) in [6.07, 6.45) is 6.76. The summed E-state index contributed by atoms with van der Waals surface area (Å²) < 4.78 is 0. The van der Waals surface area contributed by atoms with Crippen molar-refractivity contribution in [1.82, 2.24) is 0 Å². The molecule has 1 aliphatic carbocycles. The first kappa shape index (κ1) is 20.3. The van der Waals surface area contributed by atoms with E-state index in [1.54, 1.807) is 0 Å². The van der Waals surface area contributed by atoms with Crippen LogP contribution in [0.15, 0.2) is 42.5 Å². The van der Waals surface area contributed by atoms with E-state index in [0.717, 1.165) is 25.7 Å². The number of rotatable bonds is 5. The molecule has 1 nitrogen and oxygen atoms in total. The molecule has 2 aromatic rings. The monoisotopic (exact) mass is 384 g/mol. The summed E-state index contributed by atoms with van der Waals surface area (Å²) in [5.41, 5.74) is 1.67. The molecule has 27 heavy (non-hydrogen) atoms. The Morgan fingerprint density at radius 1 is 1.04 bits per heavy atom. The van der Waals surface area contributed by atoms with E-state index in [4.69, 9.17) is 0 Å². The molecule has 2 unspecified atom stereocenters. The molecule has 1 saturated carbocycles. The van der Waals surface area contributed by atoms with Crippen LogP contribution in [0, 0.1) is 29.1 Å². The van der Waals surface area contributed by atoms with Gasteiger partial charge in [-0.1, -0.05) is 58.0 Å². The van der Waals surface area contributed by atoms with Crippen molar-refractivity contribution in [2.75, 3.05) is 0 Å². The van der Waals surface area contributed by atoms with Gasteiger partial charge in [-0.25, -0.2) is 0 Å². The lowest BCUT2D eigenvalue weighted by Crippen LogP contribution is -2.23. The molecule has 0 aliphatic heterocycles. The third-order valence-electron chi connectivity index (χ3n) is 6.47. The molecule has 1 aromatic carbocycles. The van der Waals surface area contributed by atoms with Crippen LogP contribution >= 0.6 is 11.3 Å². The second-order valence-electron chi connectivity index (χ2n) is 9.64. The van der Waals surface area contributed by atoms with Gasteiger partial charge < -0.3 is 4.79 Å². The first-order chi connectivity index (χ1) is 12.8. The number of hydrogen-bond acceptors (Lipinski definition) is 2. The van der Waals surface area contributed by atoms with E-state index >= 15 is 0 Å². The average Bonchev–Trinajstić information content (AvgIpc) is 2.98. The molecule has 1 fully saturated rings. The molecule has 0 N–H and O–H groups in total. The van der Waals surface area contributed by atoms with Gasteiger partial charge in [-0.3, -0.25) is 0 Å². The fourth-order valence-corrected chi connectivity index (χ4v) is 5.75. The topological polar surface area (TPSA) is 17.1 Å². The number of carbonyl (C=O) groups excluding carboxylic acids is 1. The van der Waals surface area contributed by atoms with Crippen molar-refractivity contribution in [3.05, 3.63) is 57.8 Å². The number of benzene rings is 1.